The van der Waals surface area contributed by atoms with E-state index < -0.39 is 17.8 Å². The summed E-state index contributed by atoms with van der Waals surface area (Å²) in [5.41, 5.74) is 5.95. The van der Waals surface area contributed by atoms with Crippen molar-refractivity contribution in [3.05, 3.63) is 47.0 Å². The molecular weight excluding hydrogens is 453 g/mol. The smallest absolute Gasteiger partial charge is 0.373 e. The Kier molecular flexibility index (Phi) is 6.80. The third-order valence-electron chi connectivity index (χ3n) is 5.71. The lowest BCUT2D eigenvalue weighted by atomic mass is 10.1. The highest BCUT2D eigenvalue weighted by Gasteiger charge is 2.34. The maximum Gasteiger partial charge on any atom is 0.433 e. The molecule has 33 heavy (non-hydrogen) atoms. The number of halogens is 3. The van der Waals surface area contributed by atoms with Crippen LogP contribution in [0.25, 0.3) is 5.57 Å². The number of anilines is 2. The van der Waals surface area contributed by atoms with E-state index in [1.54, 1.807) is 0 Å². The van der Waals surface area contributed by atoms with E-state index in [9.17, 15) is 18.0 Å². The Bertz CT molecular complexity index is 1070. The average Bonchev–Trinajstić information content (AvgIpc) is 3.20. The number of primary amides is 1. The van der Waals surface area contributed by atoms with Crippen LogP contribution in [0.5, 0.6) is 0 Å². The van der Waals surface area contributed by atoms with E-state index in [-0.39, 0.29) is 11.4 Å². The van der Waals surface area contributed by atoms with Gasteiger partial charge in [-0.2, -0.15) is 13.2 Å². The van der Waals surface area contributed by atoms with Gasteiger partial charge in [-0.15, -0.1) is 0 Å². The number of hydrogen-bond donors (Lipinski definition) is 2. The molecule has 2 aliphatic heterocycles. The molecule has 1 amide bonds. The molecule has 0 spiro atoms. The number of hydrogen-bond acceptors (Lipinski definition) is 7. The number of fused-ring (bicyclic) bond motifs is 1. The summed E-state index contributed by atoms with van der Waals surface area (Å²) in [6.45, 7) is 4.14. The fourth-order valence-electron chi connectivity index (χ4n) is 3.87. The molecule has 0 unspecified atom stereocenters. The average molecular weight is 479 g/mol. The highest BCUT2D eigenvalue weighted by atomic mass is 32.2. The van der Waals surface area contributed by atoms with Gasteiger partial charge in [-0.3, -0.25) is 4.79 Å². The summed E-state index contributed by atoms with van der Waals surface area (Å²) in [6, 6.07) is 6.59. The van der Waals surface area contributed by atoms with Crippen molar-refractivity contribution in [1.29, 1.82) is 0 Å². The number of carbonyl (C=O) groups is 1. The second-order valence-electron chi connectivity index (χ2n) is 8.06. The van der Waals surface area contributed by atoms with Gasteiger partial charge in [0.1, 0.15) is 11.3 Å². The van der Waals surface area contributed by atoms with Crippen molar-refractivity contribution in [2.24, 2.45) is 5.73 Å². The summed E-state index contributed by atoms with van der Waals surface area (Å²) in [7, 11) is 2.03. The van der Waals surface area contributed by atoms with Crippen molar-refractivity contribution in [1.82, 2.24) is 14.9 Å². The van der Waals surface area contributed by atoms with Gasteiger partial charge in [0.05, 0.1) is 10.7 Å². The lowest BCUT2D eigenvalue weighted by molar-refractivity contribution is -0.141. The van der Waals surface area contributed by atoms with Crippen LogP contribution in [0.2, 0.25) is 0 Å². The van der Waals surface area contributed by atoms with Gasteiger partial charge in [0.25, 0.3) is 5.91 Å². The molecule has 176 valence electrons. The van der Waals surface area contributed by atoms with E-state index in [2.05, 4.69) is 25.1 Å². The van der Waals surface area contributed by atoms with Crippen LogP contribution in [0.15, 0.2) is 40.4 Å². The van der Waals surface area contributed by atoms with E-state index in [0.29, 0.717) is 5.03 Å². The summed E-state index contributed by atoms with van der Waals surface area (Å²) in [5, 5.41) is 3.39. The van der Waals surface area contributed by atoms with Gasteiger partial charge in [-0.1, -0.05) is 18.2 Å². The second kappa shape index (κ2) is 9.60. The summed E-state index contributed by atoms with van der Waals surface area (Å²) in [5.74, 6) is -1.27. The van der Waals surface area contributed by atoms with Crippen molar-refractivity contribution >= 4 is 34.6 Å². The number of aromatic nitrogens is 2. The molecule has 3 N–H and O–H groups in total. The third-order valence-corrected chi connectivity index (χ3v) is 6.78. The molecule has 0 radical (unpaired) electrons. The minimum absolute atomic E-state index is 0.178. The number of alkyl halides is 3. The van der Waals surface area contributed by atoms with Crippen LogP contribution >= 0.6 is 11.8 Å². The van der Waals surface area contributed by atoms with E-state index in [1.165, 1.54) is 31.0 Å². The van der Waals surface area contributed by atoms with Gasteiger partial charge >= 0.3 is 6.18 Å². The number of piperidine rings is 1. The summed E-state index contributed by atoms with van der Waals surface area (Å²) < 4.78 is 39.2. The predicted molar refractivity (Wildman–Crippen MR) is 123 cm³/mol. The maximum atomic E-state index is 13.1. The number of nitrogens with one attached hydrogen (secondary N) is 1. The quantitative estimate of drug-likeness (QED) is 0.611. The molecule has 1 aromatic heterocycles. The first-order valence-electron chi connectivity index (χ1n) is 10.7. The first kappa shape index (κ1) is 23.4. The molecule has 7 nitrogen and oxygen atoms in total. The molecule has 1 fully saturated rings. The number of nitrogens with two attached hydrogens (primary N) is 1. The highest BCUT2D eigenvalue weighted by Crippen LogP contribution is 2.45. The minimum Gasteiger partial charge on any atom is -0.373 e. The van der Waals surface area contributed by atoms with Crippen molar-refractivity contribution in [2.75, 3.05) is 43.4 Å². The largest absolute Gasteiger partial charge is 0.433 e. The molecule has 4 rings (SSSR count). The summed E-state index contributed by atoms with van der Waals surface area (Å²) in [6.07, 6.45) is 0.112. The van der Waals surface area contributed by atoms with Crippen molar-refractivity contribution in [2.45, 2.75) is 30.3 Å². The third kappa shape index (κ3) is 5.41. The van der Waals surface area contributed by atoms with Crippen LogP contribution in [0.1, 0.15) is 30.8 Å². The number of nitrogens with zero attached hydrogens (tertiary/aromatic N) is 4. The van der Waals surface area contributed by atoms with Crippen molar-refractivity contribution in [3.8, 4) is 0 Å². The Hall–Kier alpha value is -2.79. The van der Waals surface area contributed by atoms with Crippen LogP contribution in [0.4, 0.5) is 24.5 Å². The standard InChI is InChI=1S/C22H25F3N6OS/c1-30(11-12-31-9-3-2-4-10-31)14-5-6-15-16(13-14)33-21(28-15)18(19(26)32)20-27-8-7-17(29-20)22(23,24)25/h5-8,13,28H,2-4,9-12H2,1H3,(H2,26,32)/b21-18-. The Labute approximate surface area is 194 Å². The number of likely N-dealkylation sites (tertiary alicyclic amines) is 1. The van der Waals surface area contributed by atoms with Gasteiger partial charge in [0.2, 0.25) is 0 Å². The van der Waals surface area contributed by atoms with Crippen molar-refractivity contribution < 1.29 is 18.0 Å². The SMILES string of the molecule is CN(CCN1CCCCC1)c1ccc2c(c1)S/C(=C(/C(N)=O)c1nccc(C(F)(F)F)n1)N2. The molecule has 0 aliphatic carbocycles. The van der Waals surface area contributed by atoms with Crippen LogP contribution in [0, 0.1) is 0 Å². The molecular formula is C22H25F3N6OS. The van der Waals surface area contributed by atoms with Crippen LogP contribution in [-0.4, -0.2) is 54.0 Å². The zero-order chi connectivity index (χ0) is 23.6. The molecule has 0 saturated carbocycles. The molecule has 0 bridgehead atoms. The van der Waals surface area contributed by atoms with Gasteiger partial charge in [-0.25, -0.2) is 9.97 Å². The fraction of sp³-hybridized carbons (Fsp3) is 0.409. The number of amides is 1. The zero-order valence-electron chi connectivity index (χ0n) is 18.2. The number of carbonyl (C=O) groups excluding carboxylic acids is 1. The topological polar surface area (TPSA) is 87.4 Å². The van der Waals surface area contributed by atoms with Gasteiger partial charge in [0.15, 0.2) is 5.82 Å². The minimum atomic E-state index is -4.65. The van der Waals surface area contributed by atoms with E-state index >= 15 is 0 Å². The van der Waals surface area contributed by atoms with Gasteiger partial charge in [0, 0.05) is 36.9 Å². The Morgan fingerprint density at radius 3 is 2.70 bits per heavy atom. The Balaban J connectivity index is 1.54. The normalized spacial score (nSPS) is 17.9. The molecule has 1 saturated heterocycles. The Morgan fingerprint density at radius 1 is 1.24 bits per heavy atom. The molecule has 1 aromatic carbocycles. The predicted octanol–water partition coefficient (Wildman–Crippen LogP) is 3.79. The lowest BCUT2D eigenvalue weighted by Crippen LogP contribution is -2.36. The Morgan fingerprint density at radius 2 is 2.00 bits per heavy atom. The second-order valence-corrected chi connectivity index (χ2v) is 9.12. The number of rotatable bonds is 6. The van der Waals surface area contributed by atoms with Crippen LogP contribution in [0.3, 0.4) is 0 Å². The highest BCUT2D eigenvalue weighted by molar-refractivity contribution is 8.04. The molecule has 11 heteroatoms. The monoisotopic (exact) mass is 478 g/mol. The van der Waals surface area contributed by atoms with Crippen LogP contribution < -0.4 is 16.0 Å². The molecule has 3 heterocycles. The summed E-state index contributed by atoms with van der Waals surface area (Å²) in [4.78, 5) is 25.0. The van der Waals surface area contributed by atoms with Gasteiger partial charge in [-0.05, 0) is 50.2 Å². The van der Waals surface area contributed by atoms with E-state index in [4.69, 9.17) is 5.73 Å². The number of thioether (sulfide) groups is 1. The summed E-state index contributed by atoms with van der Waals surface area (Å²) >= 11 is 1.23. The first-order valence-corrected chi connectivity index (χ1v) is 11.5. The first-order chi connectivity index (χ1) is 15.7. The van der Waals surface area contributed by atoms with Gasteiger partial charge < -0.3 is 20.9 Å². The number of likely N-dealkylation sites (N-methyl/N-ethyl adjacent to an activating group) is 1. The lowest BCUT2D eigenvalue weighted by Gasteiger charge is -2.29. The molecule has 2 aromatic rings. The zero-order valence-corrected chi connectivity index (χ0v) is 19.0. The number of benzene rings is 1. The van der Waals surface area contributed by atoms with E-state index in [1.807, 2.05) is 25.2 Å². The fourth-order valence-corrected chi connectivity index (χ4v) is 4.96. The van der Waals surface area contributed by atoms with E-state index in [0.717, 1.165) is 54.7 Å². The molecule has 2 aliphatic rings. The maximum absolute atomic E-state index is 13.1. The van der Waals surface area contributed by atoms with Crippen LogP contribution in [-0.2, 0) is 11.0 Å². The molecule has 0 atom stereocenters. The van der Waals surface area contributed by atoms with Crippen molar-refractivity contribution in [3.63, 3.8) is 0 Å².